The lowest BCUT2D eigenvalue weighted by atomic mass is 9.89. The van der Waals surface area contributed by atoms with E-state index in [1.165, 1.54) is 16.4 Å². The summed E-state index contributed by atoms with van der Waals surface area (Å²) in [7, 11) is 0.625. The van der Waals surface area contributed by atoms with Crippen LogP contribution in [0.5, 0.6) is 5.75 Å². The molecule has 0 radical (unpaired) electrons. The molecule has 0 saturated carbocycles. The number of aromatic hydroxyl groups is 1. The summed E-state index contributed by atoms with van der Waals surface area (Å²) < 4.78 is 0. The molecule has 0 aromatic heterocycles. The average molecular weight is 386 g/mol. The van der Waals surface area contributed by atoms with E-state index in [1.54, 1.807) is 0 Å². The molecule has 0 heterocycles. The van der Waals surface area contributed by atoms with Crippen LogP contribution in [-0.4, -0.2) is 10.6 Å². The first-order chi connectivity index (χ1) is 12.6. The standard InChI is InChI=1S/C24H36NOP/c1-8-24(9-2,20-15-17(3)14-18(4)22(20)26)27-21-13-11-10-12-19(21)16-25-23(5,6)7/h10-15,25-27H,8-9,16H2,1-7H3. The van der Waals surface area contributed by atoms with Crippen LogP contribution in [0.15, 0.2) is 36.4 Å². The third kappa shape index (κ3) is 5.33. The van der Waals surface area contributed by atoms with E-state index < -0.39 is 0 Å². The maximum atomic E-state index is 10.9. The van der Waals surface area contributed by atoms with Crippen molar-refractivity contribution in [2.24, 2.45) is 0 Å². The highest BCUT2D eigenvalue weighted by molar-refractivity contribution is 7.48. The van der Waals surface area contributed by atoms with Crippen molar-refractivity contribution in [1.29, 1.82) is 0 Å². The molecular formula is C24H36NOP. The van der Waals surface area contributed by atoms with Crippen molar-refractivity contribution < 1.29 is 5.11 Å². The molecule has 1 unspecified atom stereocenters. The second-order valence-electron chi connectivity index (χ2n) is 8.65. The van der Waals surface area contributed by atoms with Gasteiger partial charge in [-0.15, -0.1) is 0 Å². The van der Waals surface area contributed by atoms with E-state index in [0.29, 0.717) is 14.3 Å². The number of aryl methyl sites for hydroxylation is 2. The lowest BCUT2D eigenvalue weighted by Crippen LogP contribution is -2.36. The predicted molar refractivity (Wildman–Crippen MR) is 121 cm³/mol. The Bertz CT molecular complexity index is 772. The van der Waals surface area contributed by atoms with Gasteiger partial charge in [-0.3, -0.25) is 0 Å². The van der Waals surface area contributed by atoms with Crippen LogP contribution in [-0.2, 0) is 11.7 Å². The summed E-state index contributed by atoms with van der Waals surface area (Å²) in [6.45, 7) is 16.1. The first-order valence-electron chi connectivity index (χ1n) is 10.0. The monoisotopic (exact) mass is 385 g/mol. The van der Waals surface area contributed by atoms with Crippen molar-refractivity contribution in [2.75, 3.05) is 0 Å². The molecule has 0 amide bonds. The van der Waals surface area contributed by atoms with Gasteiger partial charge in [0.05, 0.1) is 0 Å². The Morgan fingerprint density at radius 3 is 2.22 bits per heavy atom. The lowest BCUT2D eigenvalue weighted by Gasteiger charge is -2.35. The number of phenols is 1. The van der Waals surface area contributed by atoms with Gasteiger partial charge in [-0.2, -0.15) is 0 Å². The fraction of sp³-hybridized carbons (Fsp3) is 0.500. The molecule has 2 N–H and O–H groups in total. The van der Waals surface area contributed by atoms with Crippen LogP contribution in [0.3, 0.4) is 0 Å². The van der Waals surface area contributed by atoms with Gasteiger partial charge in [-0.1, -0.05) is 64.4 Å². The Hall–Kier alpha value is -1.37. The normalized spacial score (nSPS) is 12.9. The minimum absolute atomic E-state index is 0.0291. The van der Waals surface area contributed by atoms with Crippen molar-refractivity contribution >= 4 is 13.9 Å². The van der Waals surface area contributed by atoms with E-state index in [-0.39, 0.29) is 10.7 Å². The van der Waals surface area contributed by atoms with Crippen LogP contribution in [0.2, 0.25) is 0 Å². The van der Waals surface area contributed by atoms with Crippen molar-refractivity contribution in [3.8, 4) is 5.75 Å². The van der Waals surface area contributed by atoms with Crippen LogP contribution in [0.25, 0.3) is 0 Å². The molecule has 0 saturated heterocycles. The maximum absolute atomic E-state index is 10.9. The minimum Gasteiger partial charge on any atom is -0.507 e. The molecule has 3 heteroatoms. The van der Waals surface area contributed by atoms with Gasteiger partial charge < -0.3 is 10.4 Å². The van der Waals surface area contributed by atoms with E-state index in [9.17, 15) is 5.11 Å². The summed E-state index contributed by atoms with van der Waals surface area (Å²) in [5.41, 5.74) is 4.76. The van der Waals surface area contributed by atoms with Gasteiger partial charge in [-0.05, 0) is 63.9 Å². The molecule has 2 aromatic rings. The minimum atomic E-state index is -0.0291. The molecule has 0 bridgehead atoms. The zero-order valence-corrected chi connectivity index (χ0v) is 19.0. The third-order valence-corrected chi connectivity index (χ3v) is 7.58. The summed E-state index contributed by atoms with van der Waals surface area (Å²) in [5, 5.41) is 15.9. The van der Waals surface area contributed by atoms with Gasteiger partial charge in [0.15, 0.2) is 0 Å². The van der Waals surface area contributed by atoms with Gasteiger partial charge in [0.25, 0.3) is 0 Å². The first-order valence-corrected chi connectivity index (χ1v) is 11.0. The Labute approximate surface area is 167 Å². The molecule has 0 aliphatic heterocycles. The Morgan fingerprint density at radius 1 is 1.00 bits per heavy atom. The van der Waals surface area contributed by atoms with Crippen LogP contribution in [0.1, 0.15) is 69.7 Å². The highest BCUT2D eigenvalue weighted by atomic mass is 31.1. The van der Waals surface area contributed by atoms with Crippen LogP contribution >= 0.6 is 8.58 Å². The number of hydrogen-bond acceptors (Lipinski definition) is 2. The quantitative estimate of drug-likeness (QED) is 0.580. The highest BCUT2D eigenvalue weighted by Gasteiger charge is 2.33. The highest BCUT2D eigenvalue weighted by Crippen LogP contribution is 2.51. The summed E-state index contributed by atoms with van der Waals surface area (Å²) in [5.74, 6) is 0.474. The molecule has 2 nitrogen and oxygen atoms in total. The van der Waals surface area contributed by atoms with Gasteiger partial charge in [-0.25, -0.2) is 0 Å². The smallest absolute Gasteiger partial charge is 0.122 e. The fourth-order valence-corrected chi connectivity index (χ4v) is 5.32. The molecule has 2 aromatic carbocycles. The van der Waals surface area contributed by atoms with Gasteiger partial charge in [0.2, 0.25) is 0 Å². The SMILES string of the molecule is CCC(CC)(Pc1ccccc1CNC(C)(C)C)c1cc(C)cc(C)c1O. The van der Waals surface area contributed by atoms with E-state index in [0.717, 1.165) is 30.5 Å². The van der Waals surface area contributed by atoms with Gasteiger partial charge in [0, 0.05) is 22.8 Å². The zero-order valence-electron chi connectivity index (χ0n) is 18.0. The number of hydrogen-bond donors (Lipinski definition) is 2. The van der Waals surface area contributed by atoms with Crippen LogP contribution in [0.4, 0.5) is 0 Å². The Morgan fingerprint density at radius 2 is 1.63 bits per heavy atom. The van der Waals surface area contributed by atoms with Crippen molar-refractivity contribution in [1.82, 2.24) is 5.32 Å². The molecule has 0 spiro atoms. The average Bonchev–Trinajstić information content (AvgIpc) is 2.61. The number of nitrogens with one attached hydrogen (secondary N) is 1. The first kappa shape index (κ1) is 21.9. The second-order valence-corrected chi connectivity index (χ2v) is 10.4. The van der Waals surface area contributed by atoms with E-state index in [2.05, 4.69) is 83.3 Å². The molecule has 148 valence electrons. The Balaban J connectivity index is 2.46. The number of rotatable bonds is 7. The zero-order chi connectivity index (χ0) is 20.2. The fourth-order valence-electron chi connectivity index (χ4n) is 3.61. The molecule has 1 atom stereocenters. The predicted octanol–water partition coefficient (Wildman–Crippen LogP) is 5.92. The lowest BCUT2D eigenvalue weighted by molar-refractivity contribution is 0.425. The largest absolute Gasteiger partial charge is 0.507 e. The topological polar surface area (TPSA) is 32.3 Å². The van der Waals surface area contributed by atoms with Crippen molar-refractivity contribution in [3.63, 3.8) is 0 Å². The van der Waals surface area contributed by atoms with Crippen molar-refractivity contribution in [3.05, 3.63) is 58.7 Å². The molecular weight excluding hydrogens is 349 g/mol. The molecule has 0 aliphatic carbocycles. The number of benzene rings is 2. The summed E-state index contributed by atoms with van der Waals surface area (Å²) in [4.78, 5) is 0. The van der Waals surface area contributed by atoms with Gasteiger partial charge in [0.1, 0.15) is 5.75 Å². The molecule has 2 rings (SSSR count). The second kappa shape index (κ2) is 8.76. The Kier molecular flexibility index (Phi) is 7.11. The summed E-state index contributed by atoms with van der Waals surface area (Å²) in [6.07, 6.45) is 2.03. The van der Waals surface area contributed by atoms with E-state index in [1.807, 2.05) is 6.92 Å². The van der Waals surface area contributed by atoms with E-state index >= 15 is 0 Å². The van der Waals surface area contributed by atoms with Crippen molar-refractivity contribution in [2.45, 2.75) is 78.5 Å². The molecule has 27 heavy (non-hydrogen) atoms. The third-order valence-electron chi connectivity index (χ3n) is 5.37. The molecule has 0 aliphatic rings. The number of phenolic OH excluding ortho intramolecular Hbond substituents is 1. The maximum Gasteiger partial charge on any atom is 0.122 e. The van der Waals surface area contributed by atoms with Crippen LogP contribution < -0.4 is 10.6 Å². The molecule has 0 fully saturated rings. The van der Waals surface area contributed by atoms with E-state index in [4.69, 9.17) is 0 Å². The summed E-state index contributed by atoms with van der Waals surface area (Å²) in [6, 6.07) is 13.0. The van der Waals surface area contributed by atoms with Crippen LogP contribution in [0, 0.1) is 13.8 Å². The summed E-state index contributed by atoms with van der Waals surface area (Å²) >= 11 is 0. The van der Waals surface area contributed by atoms with Gasteiger partial charge >= 0.3 is 0 Å².